The van der Waals surface area contributed by atoms with Crippen LogP contribution in [0.2, 0.25) is 5.02 Å². The highest BCUT2D eigenvalue weighted by Gasteiger charge is 2.07. The summed E-state index contributed by atoms with van der Waals surface area (Å²) in [7, 11) is 0. The first-order valence-corrected chi connectivity index (χ1v) is 7.69. The lowest BCUT2D eigenvalue weighted by Gasteiger charge is -2.06. The fourth-order valence-corrected chi connectivity index (χ4v) is 3.25. The number of nitrogens with zero attached hydrogens (tertiary/aromatic N) is 2. The molecule has 0 bridgehead atoms. The molecule has 2 heterocycles. The number of hydrogen-bond donors (Lipinski definition) is 1. The van der Waals surface area contributed by atoms with Gasteiger partial charge in [0, 0.05) is 6.20 Å². The minimum absolute atomic E-state index is 0.682. The maximum absolute atomic E-state index is 6.17. The normalized spacial score (nSPS) is 10.9. The van der Waals surface area contributed by atoms with Crippen molar-refractivity contribution in [1.82, 2.24) is 9.97 Å². The van der Waals surface area contributed by atoms with Gasteiger partial charge in [0.05, 0.1) is 27.5 Å². The largest absolute Gasteiger partial charge is 0.356 e. The number of pyridine rings is 1. The van der Waals surface area contributed by atoms with E-state index in [1.165, 1.54) is 5.56 Å². The van der Waals surface area contributed by atoms with Crippen LogP contribution in [0.1, 0.15) is 18.2 Å². The summed E-state index contributed by atoms with van der Waals surface area (Å²) in [6, 6.07) is 9.86. The fraction of sp³-hybridized carbons (Fsp3) is 0.200. The Morgan fingerprint density at radius 2 is 2.15 bits per heavy atom. The molecule has 0 aliphatic carbocycles. The molecule has 1 N–H and O–H groups in total. The molecule has 0 aliphatic heterocycles. The highest BCUT2D eigenvalue weighted by Crippen LogP contribution is 2.31. The zero-order valence-corrected chi connectivity index (χ0v) is 12.6. The van der Waals surface area contributed by atoms with Gasteiger partial charge in [-0.1, -0.05) is 42.0 Å². The second-order valence-corrected chi connectivity index (χ2v) is 5.83. The molecule has 0 saturated carbocycles. The van der Waals surface area contributed by atoms with E-state index in [1.54, 1.807) is 11.3 Å². The standard InChI is InChI=1S/C15H14ClN3S/c1-2-10-5-4-8-17-13(10)9-18-15-19-12-7-3-6-11(16)14(12)20-15/h3-8H,2,9H2,1H3,(H,18,19). The molecule has 20 heavy (non-hydrogen) atoms. The molecule has 0 saturated heterocycles. The molecular formula is C15H14ClN3S. The molecule has 3 rings (SSSR count). The summed E-state index contributed by atoms with van der Waals surface area (Å²) in [4.78, 5) is 8.96. The number of halogens is 1. The number of anilines is 1. The lowest BCUT2D eigenvalue weighted by atomic mass is 10.1. The number of fused-ring (bicyclic) bond motifs is 1. The van der Waals surface area contributed by atoms with Crippen molar-refractivity contribution >= 4 is 38.3 Å². The number of aryl methyl sites for hydroxylation is 1. The van der Waals surface area contributed by atoms with Gasteiger partial charge in [0.25, 0.3) is 0 Å². The van der Waals surface area contributed by atoms with Crippen LogP contribution >= 0.6 is 22.9 Å². The average molecular weight is 304 g/mol. The van der Waals surface area contributed by atoms with E-state index < -0.39 is 0 Å². The molecule has 0 spiro atoms. The van der Waals surface area contributed by atoms with Crippen LogP contribution in [0.4, 0.5) is 5.13 Å². The van der Waals surface area contributed by atoms with Crippen LogP contribution in [0.3, 0.4) is 0 Å². The van der Waals surface area contributed by atoms with Gasteiger partial charge in [0.15, 0.2) is 5.13 Å². The molecule has 102 valence electrons. The van der Waals surface area contributed by atoms with Gasteiger partial charge in [-0.3, -0.25) is 4.98 Å². The zero-order valence-electron chi connectivity index (χ0n) is 11.1. The van der Waals surface area contributed by atoms with Crippen molar-refractivity contribution in [3.63, 3.8) is 0 Å². The number of rotatable bonds is 4. The monoisotopic (exact) mass is 303 g/mol. The molecule has 3 aromatic rings. The molecule has 5 heteroatoms. The number of nitrogens with one attached hydrogen (secondary N) is 1. The Bertz CT molecular complexity index is 739. The van der Waals surface area contributed by atoms with E-state index in [0.29, 0.717) is 6.54 Å². The zero-order chi connectivity index (χ0) is 13.9. The van der Waals surface area contributed by atoms with E-state index in [9.17, 15) is 0 Å². The average Bonchev–Trinajstić information content (AvgIpc) is 2.90. The number of aromatic nitrogens is 2. The second-order valence-electron chi connectivity index (χ2n) is 4.42. The molecule has 0 radical (unpaired) electrons. The molecule has 1 aromatic carbocycles. The minimum Gasteiger partial charge on any atom is -0.356 e. The van der Waals surface area contributed by atoms with E-state index in [2.05, 4.69) is 28.3 Å². The summed E-state index contributed by atoms with van der Waals surface area (Å²) in [5.41, 5.74) is 3.27. The second kappa shape index (κ2) is 5.77. The van der Waals surface area contributed by atoms with Gasteiger partial charge >= 0.3 is 0 Å². The third-order valence-corrected chi connectivity index (χ3v) is 4.63. The van der Waals surface area contributed by atoms with Gasteiger partial charge < -0.3 is 5.32 Å². The van der Waals surface area contributed by atoms with Crippen molar-refractivity contribution in [1.29, 1.82) is 0 Å². The van der Waals surface area contributed by atoms with Gasteiger partial charge in [-0.25, -0.2) is 4.98 Å². The third kappa shape index (κ3) is 2.62. The third-order valence-electron chi connectivity index (χ3n) is 3.14. The van der Waals surface area contributed by atoms with Crippen LogP contribution < -0.4 is 5.32 Å². The van der Waals surface area contributed by atoms with Crippen LogP contribution in [0.5, 0.6) is 0 Å². The van der Waals surface area contributed by atoms with Crippen LogP contribution in [-0.2, 0) is 13.0 Å². The van der Waals surface area contributed by atoms with E-state index in [1.807, 2.05) is 30.5 Å². The Hall–Kier alpha value is -1.65. The molecule has 0 unspecified atom stereocenters. The molecule has 0 atom stereocenters. The van der Waals surface area contributed by atoms with Gasteiger partial charge in [-0.05, 0) is 30.2 Å². The van der Waals surface area contributed by atoms with Gasteiger partial charge in [-0.2, -0.15) is 0 Å². The lowest BCUT2D eigenvalue weighted by molar-refractivity contribution is 0.970. The summed E-state index contributed by atoms with van der Waals surface area (Å²) in [6.07, 6.45) is 2.81. The fourth-order valence-electron chi connectivity index (χ4n) is 2.10. The first-order valence-electron chi connectivity index (χ1n) is 6.49. The smallest absolute Gasteiger partial charge is 0.184 e. The first-order chi connectivity index (χ1) is 9.78. The van der Waals surface area contributed by atoms with Crippen molar-refractivity contribution in [2.75, 3.05) is 5.32 Å². The van der Waals surface area contributed by atoms with E-state index in [4.69, 9.17) is 11.6 Å². The maximum Gasteiger partial charge on any atom is 0.184 e. The Kier molecular flexibility index (Phi) is 3.85. The van der Waals surface area contributed by atoms with Crippen LogP contribution in [0.25, 0.3) is 10.2 Å². The summed E-state index contributed by atoms with van der Waals surface area (Å²) >= 11 is 7.74. The predicted octanol–water partition coefficient (Wildman–Crippen LogP) is 4.52. The quantitative estimate of drug-likeness (QED) is 0.770. The summed E-state index contributed by atoms with van der Waals surface area (Å²) in [5.74, 6) is 0. The molecule has 0 amide bonds. The number of thiazole rings is 1. The topological polar surface area (TPSA) is 37.8 Å². The van der Waals surface area contributed by atoms with Crippen molar-refractivity contribution in [3.05, 3.63) is 52.8 Å². The molecule has 2 aromatic heterocycles. The van der Waals surface area contributed by atoms with Crippen molar-refractivity contribution < 1.29 is 0 Å². The Morgan fingerprint density at radius 1 is 1.25 bits per heavy atom. The Morgan fingerprint density at radius 3 is 2.95 bits per heavy atom. The van der Waals surface area contributed by atoms with Crippen molar-refractivity contribution in [2.24, 2.45) is 0 Å². The molecular weight excluding hydrogens is 290 g/mol. The van der Waals surface area contributed by atoms with Gasteiger partial charge in [0.1, 0.15) is 0 Å². The summed E-state index contributed by atoms with van der Waals surface area (Å²) < 4.78 is 1.02. The number of hydrogen-bond acceptors (Lipinski definition) is 4. The van der Waals surface area contributed by atoms with Crippen molar-refractivity contribution in [2.45, 2.75) is 19.9 Å². The molecule has 0 fully saturated rings. The first kappa shape index (κ1) is 13.3. The molecule has 3 nitrogen and oxygen atoms in total. The SMILES string of the molecule is CCc1cccnc1CNc1nc2cccc(Cl)c2s1. The minimum atomic E-state index is 0.682. The lowest BCUT2D eigenvalue weighted by Crippen LogP contribution is -2.04. The van der Waals surface area contributed by atoms with E-state index >= 15 is 0 Å². The van der Waals surface area contributed by atoms with Crippen molar-refractivity contribution in [3.8, 4) is 0 Å². The number of benzene rings is 1. The Balaban J connectivity index is 1.82. The highest BCUT2D eigenvalue weighted by molar-refractivity contribution is 7.22. The van der Waals surface area contributed by atoms with E-state index in [-0.39, 0.29) is 0 Å². The molecule has 0 aliphatic rings. The van der Waals surface area contributed by atoms with Gasteiger partial charge in [0.2, 0.25) is 0 Å². The summed E-state index contributed by atoms with van der Waals surface area (Å²) in [6.45, 7) is 2.82. The van der Waals surface area contributed by atoms with Crippen LogP contribution in [0.15, 0.2) is 36.5 Å². The van der Waals surface area contributed by atoms with Gasteiger partial charge in [-0.15, -0.1) is 0 Å². The van der Waals surface area contributed by atoms with Crippen LogP contribution in [-0.4, -0.2) is 9.97 Å². The van der Waals surface area contributed by atoms with E-state index in [0.717, 1.165) is 32.5 Å². The Labute approximate surface area is 126 Å². The maximum atomic E-state index is 6.17. The summed E-state index contributed by atoms with van der Waals surface area (Å²) in [5, 5.41) is 4.96. The highest BCUT2D eigenvalue weighted by atomic mass is 35.5. The predicted molar refractivity (Wildman–Crippen MR) is 85.6 cm³/mol. The van der Waals surface area contributed by atoms with Crippen LogP contribution in [0, 0.1) is 0 Å².